The van der Waals surface area contributed by atoms with Gasteiger partial charge in [0.25, 0.3) is 0 Å². The first-order chi connectivity index (χ1) is 9.72. The fourth-order valence-electron chi connectivity index (χ4n) is 2.03. The number of halogens is 2. The monoisotopic (exact) mass is 281 g/mol. The maximum atomic E-state index is 12.5. The minimum absolute atomic E-state index is 0.160. The lowest BCUT2D eigenvalue weighted by Crippen LogP contribution is -2.23. The molecule has 0 saturated heterocycles. The van der Waals surface area contributed by atoms with Gasteiger partial charge < -0.3 is 14.5 Å². The van der Waals surface area contributed by atoms with Crippen molar-refractivity contribution in [3.8, 4) is 5.75 Å². The predicted molar refractivity (Wildman–Crippen MR) is 71.9 cm³/mol. The van der Waals surface area contributed by atoms with Crippen LogP contribution in [-0.4, -0.2) is 13.2 Å². The summed E-state index contributed by atoms with van der Waals surface area (Å²) in [6.07, 6.45) is 2.49. The van der Waals surface area contributed by atoms with E-state index in [-0.39, 0.29) is 11.8 Å². The molecular formula is C15H17F2NO2. The quantitative estimate of drug-likeness (QED) is 0.834. The average Bonchev–Trinajstić information content (AvgIpc) is 2.94. The van der Waals surface area contributed by atoms with Crippen LogP contribution in [0.15, 0.2) is 47.1 Å². The van der Waals surface area contributed by atoms with Crippen LogP contribution in [0.4, 0.5) is 8.78 Å². The summed E-state index contributed by atoms with van der Waals surface area (Å²) in [5.41, 5.74) is 0.635. The van der Waals surface area contributed by atoms with Crippen molar-refractivity contribution in [1.29, 1.82) is 0 Å². The topological polar surface area (TPSA) is 34.4 Å². The number of nitrogens with one attached hydrogen (secondary N) is 1. The summed E-state index contributed by atoms with van der Waals surface area (Å²) in [6, 6.07) is 10.0. The molecule has 2 aromatic rings. The summed E-state index contributed by atoms with van der Waals surface area (Å²) in [4.78, 5) is 0. The third kappa shape index (κ3) is 3.57. The second-order valence-corrected chi connectivity index (χ2v) is 4.32. The Morgan fingerprint density at radius 2 is 2.00 bits per heavy atom. The normalized spacial score (nSPS) is 12.6. The Labute approximate surface area is 116 Å². The molecule has 1 aromatic heterocycles. The number of rotatable bonds is 7. The molecule has 0 spiro atoms. The van der Waals surface area contributed by atoms with Gasteiger partial charge in [-0.15, -0.1) is 0 Å². The lowest BCUT2D eigenvalue weighted by atomic mass is 10.0. The lowest BCUT2D eigenvalue weighted by molar-refractivity contribution is -0.0506. The van der Waals surface area contributed by atoms with Crippen LogP contribution in [-0.2, 0) is 0 Å². The molecule has 0 bridgehead atoms. The predicted octanol–water partition coefficient (Wildman–Crippen LogP) is 3.97. The summed E-state index contributed by atoms with van der Waals surface area (Å²) in [7, 11) is 0. The Hall–Kier alpha value is -1.88. The molecule has 1 unspecified atom stereocenters. The van der Waals surface area contributed by atoms with E-state index in [1.807, 2.05) is 13.0 Å². The van der Waals surface area contributed by atoms with Crippen molar-refractivity contribution >= 4 is 0 Å². The Morgan fingerprint density at radius 1 is 1.20 bits per heavy atom. The summed E-state index contributed by atoms with van der Waals surface area (Å²) in [5.74, 6) is 0.830. The average molecular weight is 281 g/mol. The molecule has 1 atom stereocenters. The van der Waals surface area contributed by atoms with Gasteiger partial charge in [-0.2, -0.15) is 8.78 Å². The standard InChI is InChI=1S/C15H17F2NO2/c1-2-9-18-14(13-8-5-10-19-13)11-6-3-4-7-12(11)20-15(16)17/h3-8,10,14-15,18H,2,9H2,1H3. The highest BCUT2D eigenvalue weighted by Gasteiger charge is 2.21. The van der Waals surface area contributed by atoms with Crippen molar-refractivity contribution in [2.24, 2.45) is 0 Å². The van der Waals surface area contributed by atoms with Crippen LogP contribution in [0, 0.1) is 0 Å². The molecule has 0 saturated carbocycles. The molecule has 1 heterocycles. The van der Waals surface area contributed by atoms with E-state index < -0.39 is 6.61 Å². The zero-order valence-electron chi connectivity index (χ0n) is 11.2. The highest BCUT2D eigenvalue weighted by molar-refractivity contribution is 5.39. The highest BCUT2D eigenvalue weighted by atomic mass is 19.3. The van der Waals surface area contributed by atoms with Gasteiger partial charge in [-0.05, 0) is 31.2 Å². The molecule has 0 aliphatic rings. The van der Waals surface area contributed by atoms with Gasteiger partial charge in [-0.1, -0.05) is 25.1 Å². The van der Waals surface area contributed by atoms with Gasteiger partial charge in [-0.3, -0.25) is 0 Å². The van der Waals surface area contributed by atoms with Crippen molar-refractivity contribution in [2.75, 3.05) is 6.54 Å². The van der Waals surface area contributed by atoms with Gasteiger partial charge >= 0.3 is 6.61 Å². The molecule has 0 amide bonds. The number of benzene rings is 1. The third-order valence-corrected chi connectivity index (χ3v) is 2.87. The molecule has 108 valence electrons. The molecule has 2 rings (SSSR count). The zero-order chi connectivity index (χ0) is 14.4. The number of hydrogen-bond acceptors (Lipinski definition) is 3. The van der Waals surface area contributed by atoms with E-state index in [2.05, 4.69) is 10.1 Å². The SMILES string of the molecule is CCCNC(c1ccco1)c1ccccc1OC(F)F. The Bertz CT molecular complexity index is 514. The molecule has 5 heteroatoms. The highest BCUT2D eigenvalue weighted by Crippen LogP contribution is 2.31. The zero-order valence-corrected chi connectivity index (χ0v) is 11.2. The number of ether oxygens (including phenoxy) is 1. The number of alkyl halides is 2. The van der Waals surface area contributed by atoms with Crippen LogP contribution in [0.25, 0.3) is 0 Å². The van der Waals surface area contributed by atoms with Crippen LogP contribution in [0.2, 0.25) is 0 Å². The molecular weight excluding hydrogens is 264 g/mol. The lowest BCUT2D eigenvalue weighted by Gasteiger charge is -2.20. The second-order valence-electron chi connectivity index (χ2n) is 4.32. The van der Waals surface area contributed by atoms with Crippen LogP contribution < -0.4 is 10.1 Å². The van der Waals surface area contributed by atoms with E-state index in [9.17, 15) is 8.78 Å². The van der Waals surface area contributed by atoms with Crippen molar-refractivity contribution in [2.45, 2.75) is 26.0 Å². The van der Waals surface area contributed by atoms with Crippen molar-refractivity contribution in [1.82, 2.24) is 5.32 Å². The summed E-state index contributed by atoms with van der Waals surface area (Å²) >= 11 is 0. The van der Waals surface area contributed by atoms with E-state index >= 15 is 0 Å². The minimum atomic E-state index is -2.85. The molecule has 0 radical (unpaired) electrons. The summed E-state index contributed by atoms with van der Waals surface area (Å²) < 4.78 is 35.0. The fourth-order valence-corrected chi connectivity index (χ4v) is 2.03. The van der Waals surface area contributed by atoms with Crippen LogP contribution in [0.3, 0.4) is 0 Å². The van der Waals surface area contributed by atoms with Crippen LogP contribution in [0.1, 0.15) is 30.7 Å². The third-order valence-electron chi connectivity index (χ3n) is 2.87. The molecule has 20 heavy (non-hydrogen) atoms. The molecule has 1 aromatic carbocycles. The van der Waals surface area contributed by atoms with Crippen molar-refractivity contribution in [3.63, 3.8) is 0 Å². The second kappa shape index (κ2) is 7.05. The Morgan fingerprint density at radius 3 is 2.65 bits per heavy atom. The van der Waals surface area contributed by atoms with E-state index in [0.29, 0.717) is 11.3 Å². The minimum Gasteiger partial charge on any atom is -0.467 e. The Balaban J connectivity index is 2.33. The van der Waals surface area contributed by atoms with E-state index in [1.165, 1.54) is 6.07 Å². The van der Waals surface area contributed by atoms with E-state index in [1.54, 1.807) is 30.5 Å². The van der Waals surface area contributed by atoms with Crippen molar-refractivity contribution < 1.29 is 17.9 Å². The van der Waals surface area contributed by atoms with Crippen LogP contribution in [0.5, 0.6) is 5.75 Å². The molecule has 3 nitrogen and oxygen atoms in total. The number of hydrogen-bond donors (Lipinski definition) is 1. The van der Waals surface area contributed by atoms with Gasteiger partial charge in [0.05, 0.1) is 12.3 Å². The summed E-state index contributed by atoms with van der Waals surface area (Å²) in [6.45, 7) is -0.0677. The molecule has 0 aliphatic carbocycles. The van der Waals surface area contributed by atoms with Gasteiger partial charge in [-0.25, -0.2) is 0 Å². The van der Waals surface area contributed by atoms with Crippen molar-refractivity contribution in [3.05, 3.63) is 54.0 Å². The largest absolute Gasteiger partial charge is 0.467 e. The molecule has 0 fully saturated rings. The summed E-state index contributed by atoms with van der Waals surface area (Å²) in [5, 5.41) is 3.28. The number of furan rings is 1. The van der Waals surface area contributed by atoms with Crippen LogP contribution >= 0.6 is 0 Å². The number of para-hydroxylation sites is 1. The smallest absolute Gasteiger partial charge is 0.387 e. The van der Waals surface area contributed by atoms with Gasteiger partial charge in [0.2, 0.25) is 0 Å². The molecule has 0 aliphatic heterocycles. The van der Waals surface area contributed by atoms with Gasteiger partial charge in [0.15, 0.2) is 0 Å². The van der Waals surface area contributed by atoms with Gasteiger partial charge in [0, 0.05) is 5.56 Å². The first-order valence-corrected chi connectivity index (χ1v) is 6.53. The Kier molecular flexibility index (Phi) is 5.12. The van der Waals surface area contributed by atoms with Gasteiger partial charge in [0.1, 0.15) is 11.5 Å². The van der Waals surface area contributed by atoms with E-state index in [0.717, 1.165) is 13.0 Å². The first kappa shape index (κ1) is 14.5. The maximum absolute atomic E-state index is 12.5. The van der Waals surface area contributed by atoms with E-state index in [4.69, 9.17) is 4.42 Å². The fraction of sp³-hybridized carbons (Fsp3) is 0.333. The first-order valence-electron chi connectivity index (χ1n) is 6.53. The molecule has 1 N–H and O–H groups in total. The maximum Gasteiger partial charge on any atom is 0.387 e.